The second kappa shape index (κ2) is 10.0. The standard InChI is InChI=1S/C27H22Cl2N4O4S/c1-31-26(36)33(21-9-19(28)8-20(29)10-21)25(35)27(31)15-32(12-22-7-18(14-38-22)24(34)37-2)13-23(27)17-5-3-16(11-30)4-6-17/h3-10,14,23H,12-13,15H2,1-2H3/p+1/t23-,27+/m0/s1. The minimum Gasteiger partial charge on any atom is -0.465 e. The highest BCUT2D eigenvalue weighted by Crippen LogP contribution is 2.43. The number of hydrogen-bond acceptors (Lipinski definition) is 6. The number of esters is 1. The number of nitrogens with one attached hydrogen (secondary N) is 1. The van der Waals surface area contributed by atoms with Gasteiger partial charge in [-0.25, -0.2) is 14.5 Å². The topological polar surface area (TPSA) is 95.1 Å². The smallest absolute Gasteiger partial charge is 0.338 e. The Morgan fingerprint density at radius 3 is 2.50 bits per heavy atom. The lowest BCUT2D eigenvalue weighted by Gasteiger charge is -2.31. The number of amides is 3. The fourth-order valence-electron chi connectivity index (χ4n) is 5.51. The van der Waals surface area contributed by atoms with Crippen LogP contribution in [0.4, 0.5) is 10.5 Å². The number of urea groups is 1. The highest BCUT2D eigenvalue weighted by Gasteiger charge is 2.66. The Labute approximate surface area is 233 Å². The van der Waals surface area contributed by atoms with Gasteiger partial charge in [0.25, 0.3) is 5.91 Å². The number of thiophene rings is 1. The summed E-state index contributed by atoms with van der Waals surface area (Å²) in [5.41, 5.74) is 1.00. The third-order valence-corrected chi connectivity index (χ3v) is 8.66. The quantitative estimate of drug-likeness (QED) is 0.373. The molecule has 1 unspecified atom stereocenters. The summed E-state index contributed by atoms with van der Waals surface area (Å²) in [5.74, 6) is -1.09. The van der Waals surface area contributed by atoms with E-state index in [4.69, 9.17) is 27.9 Å². The molecule has 1 spiro atoms. The van der Waals surface area contributed by atoms with Gasteiger partial charge in [0.05, 0.1) is 47.3 Å². The molecule has 3 amide bonds. The zero-order valence-corrected chi connectivity index (χ0v) is 22.9. The Hall–Kier alpha value is -3.42. The van der Waals surface area contributed by atoms with Gasteiger partial charge in [0.2, 0.25) is 0 Å². The molecule has 3 heterocycles. The number of carbonyl (C=O) groups excluding carboxylic acids is 3. The van der Waals surface area contributed by atoms with Gasteiger partial charge in [0.1, 0.15) is 13.1 Å². The molecular weight excluding hydrogens is 547 g/mol. The number of nitrogens with zero attached hydrogens (tertiary/aromatic N) is 3. The number of carbonyl (C=O) groups is 3. The van der Waals surface area contributed by atoms with Crippen LogP contribution in [0, 0.1) is 11.3 Å². The normalized spacial score (nSPS) is 22.8. The van der Waals surface area contributed by atoms with E-state index in [9.17, 15) is 19.6 Å². The van der Waals surface area contributed by atoms with Crippen LogP contribution in [0.5, 0.6) is 0 Å². The summed E-state index contributed by atoms with van der Waals surface area (Å²) in [4.78, 5) is 44.5. The number of benzene rings is 2. The number of nitriles is 1. The van der Waals surface area contributed by atoms with Gasteiger partial charge in [-0.1, -0.05) is 35.3 Å². The average molecular weight is 570 g/mol. The van der Waals surface area contributed by atoms with Crippen molar-refractivity contribution in [2.24, 2.45) is 0 Å². The van der Waals surface area contributed by atoms with Gasteiger partial charge in [0, 0.05) is 22.5 Å². The van der Waals surface area contributed by atoms with Crippen LogP contribution in [0.3, 0.4) is 0 Å². The van der Waals surface area contributed by atoms with Crippen molar-refractivity contribution < 1.29 is 24.0 Å². The molecule has 1 aromatic heterocycles. The van der Waals surface area contributed by atoms with Crippen molar-refractivity contribution in [3.05, 3.63) is 85.5 Å². The molecule has 1 N–H and O–H groups in total. The summed E-state index contributed by atoms with van der Waals surface area (Å²) in [7, 11) is 2.99. The van der Waals surface area contributed by atoms with E-state index in [1.165, 1.54) is 23.3 Å². The van der Waals surface area contributed by atoms with Crippen LogP contribution >= 0.6 is 34.5 Å². The van der Waals surface area contributed by atoms with Crippen molar-refractivity contribution in [1.82, 2.24) is 4.90 Å². The van der Waals surface area contributed by atoms with E-state index in [0.29, 0.717) is 46.5 Å². The summed E-state index contributed by atoms with van der Waals surface area (Å²) in [5, 5.41) is 11.7. The van der Waals surface area contributed by atoms with Crippen molar-refractivity contribution in [2.75, 3.05) is 32.1 Å². The van der Waals surface area contributed by atoms with Crippen molar-refractivity contribution >= 4 is 58.1 Å². The summed E-state index contributed by atoms with van der Waals surface area (Å²) >= 11 is 13.9. The number of hydrogen-bond donors (Lipinski definition) is 1. The SMILES string of the molecule is COC(=O)c1csc(C[NH+]2C[C@@H](c3ccc(C#N)cc3)[C@]3(C2)C(=O)N(c2cc(Cl)cc(Cl)c2)C(=O)N3C)c1. The van der Waals surface area contributed by atoms with Crippen LogP contribution in [-0.4, -0.2) is 55.6 Å². The highest BCUT2D eigenvalue weighted by molar-refractivity contribution is 7.10. The van der Waals surface area contributed by atoms with E-state index >= 15 is 0 Å². The van der Waals surface area contributed by atoms with E-state index in [0.717, 1.165) is 20.2 Å². The maximum absolute atomic E-state index is 14.3. The molecule has 194 valence electrons. The van der Waals surface area contributed by atoms with E-state index in [2.05, 4.69) is 6.07 Å². The lowest BCUT2D eigenvalue weighted by molar-refractivity contribution is -0.903. The van der Waals surface area contributed by atoms with Crippen molar-refractivity contribution in [3.63, 3.8) is 0 Å². The minimum atomic E-state index is -1.17. The first-order chi connectivity index (χ1) is 18.2. The molecule has 0 radical (unpaired) electrons. The summed E-state index contributed by atoms with van der Waals surface area (Å²) in [6.45, 7) is 1.48. The van der Waals surface area contributed by atoms with Crippen molar-refractivity contribution in [3.8, 4) is 6.07 Å². The minimum absolute atomic E-state index is 0.314. The van der Waals surface area contributed by atoms with Crippen LogP contribution in [0.25, 0.3) is 0 Å². The largest absolute Gasteiger partial charge is 0.465 e. The monoisotopic (exact) mass is 569 g/mol. The zero-order valence-electron chi connectivity index (χ0n) is 20.5. The number of likely N-dealkylation sites (tertiary alicyclic amines) is 1. The number of imide groups is 1. The average Bonchev–Trinajstić information content (AvgIpc) is 3.57. The molecule has 11 heteroatoms. The van der Waals surface area contributed by atoms with Crippen LogP contribution in [0.2, 0.25) is 10.0 Å². The third kappa shape index (κ3) is 4.33. The van der Waals surface area contributed by atoms with Crippen LogP contribution in [0.15, 0.2) is 53.9 Å². The maximum Gasteiger partial charge on any atom is 0.338 e. The maximum atomic E-state index is 14.3. The summed E-state index contributed by atoms with van der Waals surface area (Å²) < 4.78 is 4.82. The van der Waals surface area contributed by atoms with Crippen molar-refractivity contribution in [1.29, 1.82) is 5.26 Å². The van der Waals surface area contributed by atoms with E-state index in [1.807, 2.05) is 12.1 Å². The molecule has 38 heavy (non-hydrogen) atoms. The lowest BCUT2D eigenvalue weighted by Crippen LogP contribution is -3.09. The molecule has 0 aliphatic carbocycles. The number of methoxy groups -OCH3 is 1. The van der Waals surface area contributed by atoms with Gasteiger partial charge in [-0.05, 0) is 42.0 Å². The van der Waals surface area contributed by atoms with Gasteiger partial charge >= 0.3 is 12.0 Å². The molecule has 8 nitrogen and oxygen atoms in total. The molecule has 2 saturated heterocycles. The van der Waals surface area contributed by atoms with E-state index in [-0.39, 0.29) is 11.8 Å². The molecule has 2 aromatic carbocycles. The Kier molecular flexibility index (Phi) is 6.92. The Morgan fingerprint density at radius 2 is 1.87 bits per heavy atom. The van der Waals surface area contributed by atoms with Gasteiger partial charge in [-0.2, -0.15) is 5.26 Å². The predicted molar refractivity (Wildman–Crippen MR) is 144 cm³/mol. The fourth-order valence-corrected chi connectivity index (χ4v) is 6.95. The zero-order chi connectivity index (χ0) is 27.2. The van der Waals surface area contributed by atoms with Crippen LogP contribution < -0.4 is 9.80 Å². The second-order valence-electron chi connectivity index (χ2n) is 9.42. The molecule has 3 aromatic rings. The summed E-state index contributed by atoms with van der Waals surface area (Å²) in [6, 6.07) is 15.2. The molecule has 3 atom stereocenters. The number of likely N-dealkylation sites (N-methyl/N-ethyl adjacent to an activating group) is 1. The number of ether oxygens (including phenoxy) is 1. The van der Waals surface area contributed by atoms with E-state index < -0.39 is 17.5 Å². The van der Waals surface area contributed by atoms with Gasteiger partial charge < -0.3 is 14.5 Å². The van der Waals surface area contributed by atoms with Gasteiger partial charge in [-0.15, -0.1) is 11.3 Å². The Morgan fingerprint density at radius 1 is 1.18 bits per heavy atom. The van der Waals surface area contributed by atoms with Gasteiger partial charge in [0.15, 0.2) is 5.54 Å². The molecule has 0 saturated carbocycles. The number of halogens is 2. The third-order valence-electron chi connectivity index (χ3n) is 7.29. The fraction of sp³-hybridized carbons (Fsp3) is 0.259. The molecule has 2 aliphatic rings. The lowest BCUT2D eigenvalue weighted by atomic mass is 9.80. The molecular formula is C27H23Cl2N4O4S+. The predicted octanol–water partition coefficient (Wildman–Crippen LogP) is 3.73. The van der Waals surface area contributed by atoms with Crippen LogP contribution in [0.1, 0.15) is 32.3 Å². The molecule has 0 bridgehead atoms. The van der Waals surface area contributed by atoms with Crippen LogP contribution in [-0.2, 0) is 16.1 Å². The highest BCUT2D eigenvalue weighted by atomic mass is 35.5. The molecule has 2 fully saturated rings. The number of anilines is 1. The number of rotatable bonds is 5. The Bertz CT molecular complexity index is 1460. The number of quaternary nitrogens is 1. The Balaban J connectivity index is 1.55. The first-order valence-corrected chi connectivity index (χ1v) is 13.4. The first kappa shape index (κ1) is 26.2. The second-order valence-corrected chi connectivity index (χ2v) is 11.3. The molecule has 2 aliphatic heterocycles. The molecule has 5 rings (SSSR count). The van der Waals surface area contributed by atoms with Crippen molar-refractivity contribution in [2.45, 2.75) is 18.0 Å². The first-order valence-electron chi connectivity index (χ1n) is 11.8. The van der Waals surface area contributed by atoms with Gasteiger partial charge in [-0.3, -0.25) is 4.79 Å². The van der Waals surface area contributed by atoms with E-state index in [1.54, 1.807) is 48.8 Å². The summed E-state index contributed by atoms with van der Waals surface area (Å²) in [6.07, 6.45) is 0.